The van der Waals surface area contributed by atoms with E-state index in [1.165, 1.54) is 13.2 Å². The fourth-order valence-electron chi connectivity index (χ4n) is 0.994. The second kappa shape index (κ2) is 5.78. The molecule has 0 saturated heterocycles. The molecule has 0 bridgehead atoms. The van der Waals surface area contributed by atoms with Crippen LogP contribution < -0.4 is 10.5 Å². The lowest BCUT2D eigenvalue weighted by atomic mass is 10.1. The normalized spacial score (nSPS) is 12.1. The van der Waals surface area contributed by atoms with Crippen molar-refractivity contribution in [3.05, 3.63) is 29.8 Å². The summed E-state index contributed by atoms with van der Waals surface area (Å²) in [6.45, 7) is 0. The van der Waals surface area contributed by atoms with Crippen molar-refractivity contribution in [1.29, 1.82) is 0 Å². The molecule has 1 aromatic carbocycles. The number of benzene rings is 1. The molecule has 0 radical (unpaired) electrons. The van der Waals surface area contributed by atoms with Gasteiger partial charge in [-0.25, -0.2) is 8.78 Å². The third-order valence-corrected chi connectivity index (χ3v) is 1.75. The van der Waals surface area contributed by atoms with Crippen LogP contribution in [0.2, 0.25) is 0 Å². The molecule has 0 aliphatic carbocycles. The number of halogens is 3. The summed E-state index contributed by atoms with van der Waals surface area (Å²) in [4.78, 5) is 0. The molecule has 2 nitrogen and oxygen atoms in total. The Bertz CT molecular complexity index is 283. The molecule has 0 saturated carbocycles. The highest BCUT2D eigenvalue weighted by Gasteiger charge is 2.17. The Morgan fingerprint density at radius 1 is 1.36 bits per heavy atom. The van der Waals surface area contributed by atoms with Gasteiger partial charge in [-0.3, -0.25) is 0 Å². The van der Waals surface area contributed by atoms with Gasteiger partial charge in [0.1, 0.15) is 5.75 Å². The van der Waals surface area contributed by atoms with E-state index in [4.69, 9.17) is 10.5 Å². The second-order valence-electron chi connectivity index (χ2n) is 2.64. The second-order valence-corrected chi connectivity index (χ2v) is 2.64. The van der Waals surface area contributed by atoms with Crippen LogP contribution in [-0.2, 0) is 0 Å². The maximum Gasteiger partial charge on any atom is 0.257 e. The predicted molar refractivity (Wildman–Crippen MR) is 53.2 cm³/mol. The van der Waals surface area contributed by atoms with Gasteiger partial charge >= 0.3 is 0 Å². The van der Waals surface area contributed by atoms with Gasteiger partial charge < -0.3 is 10.5 Å². The van der Waals surface area contributed by atoms with Crippen LogP contribution in [0.25, 0.3) is 0 Å². The first kappa shape index (κ1) is 13.1. The van der Waals surface area contributed by atoms with E-state index in [1.54, 1.807) is 18.2 Å². The third kappa shape index (κ3) is 3.12. The van der Waals surface area contributed by atoms with Crippen LogP contribution in [0.4, 0.5) is 8.78 Å². The number of ether oxygens (including phenoxy) is 1. The molecule has 2 N–H and O–H groups in total. The van der Waals surface area contributed by atoms with E-state index in [0.717, 1.165) is 0 Å². The Morgan fingerprint density at radius 3 is 2.50 bits per heavy atom. The van der Waals surface area contributed by atoms with Gasteiger partial charge in [0.25, 0.3) is 6.43 Å². The molecule has 0 unspecified atom stereocenters. The quantitative estimate of drug-likeness (QED) is 0.854. The first-order chi connectivity index (χ1) is 6.15. The van der Waals surface area contributed by atoms with E-state index in [-0.39, 0.29) is 12.4 Å². The number of rotatable bonds is 3. The summed E-state index contributed by atoms with van der Waals surface area (Å²) in [6.07, 6.45) is -2.55. The van der Waals surface area contributed by atoms with Crippen molar-refractivity contribution in [3.8, 4) is 5.75 Å². The smallest absolute Gasteiger partial charge is 0.257 e. The van der Waals surface area contributed by atoms with Crippen molar-refractivity contribution in [3.63, 3.8) is 0 Å². The molecule has 0 aliphatic rings. The largest absolute Gasteiger partial charge is 0.497 e. The summed E-state index contributed by atoms with van der Waals surface area (Å²) in [5.74, 6) is 0.536. The number of methoxy groups -OCH3 is 1. The lowest BCUT2D eigenvalue weighted by molar-refractivity contribution is 0.116. The van der Waals surface area contributed by atoms with Gasteiger partial charge in [-0.15, -0.1) is 12.4 Å². The van der Waals surface area contributed by atoms with Crippen molar-refractivity contribution in [2.45, 2.75) is 12.5 Å². The summed E-state index contributed by atoms with van der Waals surface area (Å²) in [6, 6.07) is 5.14. The van der Waals surface area contributed by atoms with E-state index in [0.29, 0.717) is 11.3 Å². The highest BCUT2D eigenvalue weighted by Crippen LogP contribution is 2.21. The van der Waals surface area contributed by atoms with Gasteiger partial charge in [0.15, 0.2) is 0 Å². The number of hydrogen-bond acceptors (Lipinski definition) is 2. The molecule has 1 rings (SSSR count). The molecular formula is C9H12ClF2NO. The summed E-state index contributed by atoms with van der Waals surface area (Å²) in [5, 5.41) is 0. The minimum absolute atomic E-state index is 0. The molecule has 0 amide bonds. The van der Waals surface area contributed by atoms with Crippen molar-refractivity contribution < 1.29 is 13.5 Å². The summed E-state index contributed by atoms with van der Waals surface area (Å²) in [7, 11) is 1.48. The molecule has 80 valence electrons. The van der Waals surface area contributed by atoms with E-state index >= 15 is 0 Å². The first-order valence-corrected chi connectivity index (χ1v) is 3.83. The van der Waals surface area contributed by atoms with Crippen LogP contribution in [0.1, 0.15) is 11.6 Å². The fourth-order valence-corrected chi connectivity index (χ4v) is 0.994. The number of nitrogens with two attached hydrogens (primary N) is 1. The van der Waals surface area contributed by atoms with Gasteiger partial charge in [-0.1, -0.05) is 12.1 Å². The molecule has 0 heterocycles. The first-order valence-electron chi connectivity index (χ1n) is 3.83. The van der Waals surface area contributed by atoms with Crippen LogP contribution >= 0.6 is 12.4 Å². The van der Waals surface area contributed by atoms with E-state index in [1.807, 2.05) is 0 Å². The van der Waals surface area contributed by atoms with E-state index in [9.17, 15) is 8.78 Å². The van der Waals surface area contributed by atoms with Crippen molar-refractivity contribution in [2.75, 3.05) is 7.11 Å². The summed E-state index contributed by atoms with van der Waals surface area (Å²) < 4.78 is 29.3. The standard InChI is InChI=1S/C9H11F2NO.ClH/c1-13-7-4-2-3-6(5-7)8(12)9(10)11;/h2-5,8-9H,12H2,1H3;1H/t8-;/m0./s1. The molecular weight excluding hydrogens is 212 g/mol. The Balaban J connectivity index is 0.00000169. The maximum absolute atomic E-state index is 12.2. The zero-order valence-corrected chi connectivity index (χ0v) is 8.43. The lowest BCUT2D eigenvalue weighted by Crippen LogP contribution is -2.18. The molecule has 0 aliphatic heterocycles. The van der Waals surface area contributed by atoms with E-state index < -0.39 is 12.5 Å². The van der Waals surface area contributed by atoms with Gasteiger partial charge in [-0.05, 0) is 17.7 Å². The average Bonchev–Trinajstić information content (AvgIpc) is 2.16. The van der Waals surface area contributed by atoms with Crippen molar-refractivity contribution >= 4 is 12.4 Å². The Kier molecular flexibility index (Phi) is 5.42. The zero-order valence-electron chi connectivity index (χ0n) is 7.61. The monoisotopic (exact) mass is 223 g/mol. The number of hydrogen-bond donors (Lipinski definition) is 1. The predicted octanol–water partition coefficient (Wildman–Crippen LogP) is 2.38. The molecule has 0 aromatic heterocycles. The van der Waals surface area contributed by atoms with Crippen LogP contribution in [0, 0.1) is 0 Å². The molecule has 0 fully saturated rings. The highest BCUT2D eigenvalue weighted by atomic mass is 35.5. The molecule has 14 heavy (non-hydrogen) atoms. The average molecular weight is 224 g/mol. The SMILES string of the molecule is COc1cccc([C@H](N)C(F)F)c1.Cl. The van der Waals surface area contributed by atoms with Gasteiger partial charge in [0, 0.05) is 0 Å². The van der Waals surface area contributed by atoms with Crippen LogP contribution in [-0.4, -0.2) is 13.5 Å². The lowest BCUT2D eigenvalue weighted by Gasteiger charge is -2.11. The Hall–Kier alpha value is -0.870. The highest BCUT2D eigenvalue weighted by molar-refractivity contribution is 5.85. The van der Waals surface area contributed by atoms with Crippen molar-refractivity contribution in [2.24, 2.45) is 5.73 Å². The minimum atomic E-state index is -2.55. The van der Waals surface area contributed by atoms with Crippen LogP contribution in [0.5, 0.6) is 5.75 Å². The zero-order chi connectivity index (χ0) is 9.84. The van der Waals surface area contributed by atoms with Gasteiger partial charge in [-0.2, -0.15) is 0 Å². The van der Waals surface area contributed by atoms with Gasteiger partial charge in [0.2, 0.25) is 0 Å². The minimum Gasteiger partial charge on any atom is -0.497 e. The third-order valence-electron chi connectivity index (χ3n) is 1.75. The molecule has 1 atom stereocenters. The number of alkyl halides is 2. The molecule has 1 aromatic rings. The van der Waals surface area contributed by atoms with Gasteiger partial charge in [0.05, 0.1) is 13.2 Å². The fraction of sp³-hybridized carbons (Fsp3) is 0.333. The summed E-state index contributed by atoms with van der Waals surface area (Å²) >= 11 is 0. The van der Waals surface area contributed by atoms with Crippen LogP contribution in [0.3, 0.4) is 0 Å². The topological polar surface area (TPSA) is 35.2 Å². The summed E-state index contributed by atoms with van der Waals surface area (Å²) in [5.41, 5.74) is 5.64. The maximum atomic E-state index is 12.2. The Labute approximate surface area is 87.5 Å². The molecule has 0 spiro atoms. The molecule has 5 heteroatoms. The Morgan fingerprint density at radius 2 is 2.00 bits per heavy atom. The van der Waals surface area contributed by atoms with Crippen molar-refractivity contribution in [1.82, 2.24) is 0 Å². The van der Waals surface area contributed by atoms with Crippen LogP contribution in [0.15, 0.2) is 24.3 Å². The van der Waals surface area contributed by atoms with E-state index in [2.05, 4.69) is 0 Å².